The van der Waals surface area contributed by atoms with Gasteiger partial charge in [0.05, 0.1) is 25.1 Å². The zero-order valence-corrected chi connectivity index (χ0v) is 16.9. The number of benzene rings is 1. The largest absolute Gasteiger partial charge is 0.398 e. The molecule has 0 atom stereocenters. The van der Waals surface area contributed by atoms with Crippen LogP contribution in [0.4, 0.5) is 11.5 Å². The fourth-order valence-electron chi connectivity index (χ4n) is 4.25. The number of nitrogen functional groups attached to an aromatic ring is 1. The van der Waals surface area contributed by atoms with Crippen LogP contribution in [-0.2, 0) is 4.74 Å². The predicted octanol–water partition coefficient (Wildman–Crippen LogP) is 3.23. The van der Waals surface area contributed by atoms with Gasteiger partial charge >= 0.3 is 0 Å². The van der Waals surface area contributed by atoms with Crippen molar-refractivity contribution >= 4 is 22.9 Å². The van der Waals surface area contributed by atoms with Gasteiger partial charge in [-0.1, -0.05) is 19.9 Å². The van der Waals surface area contributed by atoms with E-state index < -0.39 is 0 Å². The van der Waals surface area contributed by atoms with Gasteiger partial charge in [0.2, 0.25) is 0 Å². The van der Waals surface area contributed by atoms with Crippen molar-refractivity contribution < 1.29 is 4.74 Å². The highest BCUT2D eigenvalue weighted by atomic mass is 16.5. The van der Waals surface area contributed by atoms with Gasteiger partial charge in [-0.2, -0.15) is 0 Å². The zero-order valence-electron chi connectivity index (χ0n) is 16.9. The Balaban J connectivity index is 1.53. The standard InChI is InChI=1S/C22H26N6O/c1-14(2)21(24)16-9-15(3-4-17(16)23)18-10-25-19-5-6-20(26-28(18)19)27-8-7-22(11-27)12-29-13-22/h3-6,9-10,14,24H,7-8,11-13,23H2,1-2H3. The molecule has 0 bridgehead atoms. The van der Waals surface area contributed by atoms with E-state index in [1.165, 1.54) is 0 Å². The lowest BCUT2D eigenvalue weighted by molar-refractivity contribution is -0.0985. The van der Waals surface area contributed by atoms with E-state index in [0.29, 0.717) is 16.8 Å². The number of ether oxygens (including phenoxy) is 1. The van der Waals surface area contributed by atoms with E-state index in [-0.39, 0.29) is 5.92 Å². The van der Waals surface area contributed by atoms with Crippen LogP contribution in [0.3, 0.4) is 0 Å². The number of fused-ring (bicyclic) bond motifs is 1. The maximum Gasteiger partial charge on any atom is 0.154 e. The highest BCUT2D eigenvalue weighted by Gasteiger charge is 2.44. The number of nitrogens with zero attached hydrogens (tertiary/aromatic N) is 4. The summed E-state index contributed by atoms with van der Waals surface area (Å²) in [7, 11) is 0. The first kappa shape index (κ1) is 18.1. The molecular weight excluding hydrogens is 364 g/mol. The quantitative estimate of drug-likeness (QED) is 0.527. The summed E-state index contributed by atoms with van der Waals surface area (Å²) in [6, 6.07) is 9.88. The van der Waals surface area contributed by atoms with Gasteiger partial charge in [-0.3, -0.25) is 0 Å². The average Bonchev–Trinajstić information content (AvgIpc) is 3.32. The molecule has 2 saturated heterocycles. The fourth-order valence-corrected chi connectivity index (χ4v) is 4.25. The Kier molecular flexibility index (Phi) is 4.10. The van der Waals surface area contributed by atoms with Crippen molar-refractivity contribution in [1.29, 1.82) is 5.41 Å². The second kappa shape index (κ2) is 6.56. The lowest BCUT2D eigenvalue weighted by Gasteiger charge is -2.37. The molecule has 0 unspecified atom stereocenters. The van der Waals surface area contributed by atoms with Gasteiger partial charge in [-0.15, -0.1) is 5.10 Å². The summed E-state index contributed by atoms with van der Waals surface area (Å²) in [5.41, 5.74) is 11.1. The molecule has 4 heterocycles. The third-order valence-electron chi connectivity index (χ3n) is 6.14. The molecule has 2 aliphatic rings. The van der Waals surface area contributed by atoms with Crippen LogP contribution < -0.4 is 10.6 Å². The van der Waals surface area contributed by atoms with Gasteiger partial charge in [0.15, 0.2) is 5.65 Å². The Hall–Kier alpha value is -2.93. The van der Waals surface area contributed by atoms with Gasteiger partial charge in [-0.05, 0) is 36.6 Å². The van der Waals surface area contributed by atoms with Crippen LogP contribution in [0.2, 0.25) is 0 Å². The van der Waals surface area contributed by atoms with Crippen LogP contribution in [0.5, 0.6) is 0 Å². The van der Waals surface area contributed by atoms with Crippen LogP contribution >= 0.6 is 0 Å². The van der Waals surface area contributed by atoms with Gasteiger partial charge in [0.1, 0.15) is 5.82 Å². The molecule has 1 spiro atoms. The Labute approximate surface area is 170 Å². The van der Waals surface area contributed by atoms with Crippen molar-refractivity contribution in [3.05, 3.63) is 42.1 Å². The molecule has 0 radical (unpaired) electrons. The third kappa shape index (κ3) is 2.97. The Bertz CT molecular complexity index is 1100. The molecule has 3 N–H and O–H groups in total. The summed E-state index contributed by atoms with van der Waals surface area (Å²) in [6.07, 6.45) is 2.99. The lowest BCUT2D eigenvalue weighted by atomic mass is 9.85. The van der Waals surface area contributed by atoms with Gasteiger partial charge in [0.25, 0.3) is 0 Å². The normalized spacial score (nSPS) is 18.0. The van der Waals surface area contributed by atoms with E-state index in [4.69, 9.17) is 21.0 Å². The average molecular weight is 390 g/mol. The Morgan fingerprint density at radius 3 is 2.76 bits per heavy atom. The molecule has 5 rings (SSSR count). The molecule has 150 valence electrons. The van der Waals surface area contributed by atoms with Crippen LogP contribution in [0.15, 0.2) is 36.5 Å². The number of hydrogen-bond acceptors (Lipinski definition) is 6. The molecule has 2 aliphatic heterocycles. The number of aromatic nitrogens is 3. The molecular formula is C22H26N6O. The minimum absolute atomic E-state index is 0.109. The Morgan fingerprint density at radius 2 is 2.07 bits per heavy atom. The van der Waals surface area contributed by atoms with Gasteiger partial charge in [0, 0.05) is 41.0 Å². The number of nitrogens with two attached hydrogens (primary N) is 1. The minimum atomic E-state index is 0.109. The predicted molar refractivity (Wildman–Crippen MR) is 115 cm³/mol. The van der Waals surface area contributed by atoms with Gasteiger partial charge in [-0.25, -0.2) is 9.50 Å². The highest BCUT2D eigenvalue weighted by molar-refractivity contribution is 6.04. The summed E-state index contributed by atoms with van der Waals surface area (Å²) < 4.78 is 7.34. The summed E-state index contributed by atoms with van der Waals surface area (Å²) >= 11 is 0. The first-order chi connectivity index (χ1) is 14.0. The van der Waals surface area contributed by atoms with Crippen LogP contribution in [-0.4, -0.2) is 46.6 Å². The van der Waals surface area contributed by atoms with Crippen molar-refractivity contribution in [2.45, 2.75) is 20.3 Å². The van der Waals surface area contributed by atoms with E-state index >= 15 is 0 Å². The van der Waals surface area contributed by atoms with Crippen molar-refractivity contribution in [2.24, 2.45) is 11.3 Å². The van der Waals surface area contributed by atoms with Crippen molar-refractivity contribution in [3.8, 4) is 11.3 Å². The SMILES string of the molecule is CC(C)C(=N)c1cc(-c2cnc3ccc(N4CCC5(COC5)C4)nn23)ccc1N. The maximum absolute atomic E-state index is 8.38. The number of imidazole rings is 1. The first-order valence-corrected chi connectivity index (χ1v) is 10.1. The number of anilines is 2. The van der Waals surface area contributed by atoms with Crippen molar-refractivity contribution in [2.75, 3.05) is 36.9 Å². The molecule has 0 aliphatic carbocycles. The van der Waals surface area contributed by atoms with Crippen LogP contribution in [0, 0.1) is 16.7 Å². The number of rotatable bonds is 4. The van der Waals surface area contributed by atoms with E-state index in [2.05, 4.69) is 9.88 Å². The molecule has 3 aromatic rings. The molecule has 0 amide bonds. The van der Waals surface area contributed by atoms with E-state index in [0.717, 1.165) is 61.0 Å². The van der Waals surface area contributed by atoms with Crippen LogP contribution in [0.25, 0.3) is 16.9 Å². The molecule has 1 aromatic carbocycles. The monoisotopic (exact) mass is 390 g/mol. The fraction of sp³-hybridized carbons (Fsp3) is 0.409. The van der Waals surface area contributed by atoms with E-state index in [1.807, 2.05) is 54.9 Å². The maximum atomic E-state index is 8.38. The summed E-state index contributed by atoms with van der Waals surface area (Å²) in [6.45, 7) is 7.73. The van der Waals surface area contributed by atoms with E-state index in [9.17, 15) is 0 Å². The topological polar surface area (TPSA) is 92.5 Å². The summed E-state index contributed by atoms with van der Waals surface area (Å²) in [4.78, 5) is 6.87. The highest BCUT2D eigenvalue weighted by Crippen LogP contribution is 2.39. The van der Waals surface area contributed by atoms with E-state index in [1.54, 1.807) is 0 Å². The minimum Gasteiger partial charge on any atom is -0.398 e. The third-order valence-corrected chi connectivity index (χ3v) is 6.14. The number of hydrogen-bond donors (Lipinski definition) is 2. The van der Waals surface area contributed by atoms with Crippen molar-refractivity contribution in [3.63, 3.8) is 0 Å². The Morgan fingerprint density at radius 1 is 1.24 bits per heavy atom. The summed E-state index contributed by atoms with van der Waals surface area (Å²) in [5, 5.41) is 13.3. The lowest BCUT2D eigenvalue weighted by Crippen LogP contribution is -2.44. The first-order valence-electron chi connectivity index (χ1n) is 10.1. The van der Waals surface area contributed by atoms with Crippen molar-refractivity contribution in [1.82, 2.24) is 14.6 Å². The molecule has 7 heteroatoms. The van der Waals surface area contributed by atoms with Crippen LogP contribution in [0.1, 0.15) is 25.8 Å². The summed E-state index contributed by atoms with van der Waals surface area (Å²) in [5.74, 6) is 1.07. The molecule has 29 heavy (non-hydrogen) atoms. The molecule has 2 aromatic heterocycles. The number of nitrogens with one attached hydrogen (secondary N) is 1. The second-order valence-corrected chi connectivity index (χ2v) is 8.64. The molecule has 0 saturated carbocycles. The smallest absolute Gasteiger partial charge is 0.154 e. The second-order valence-electron chi connectivity index (χ2n) is 8.64. The zero-order chi connectivity index (χ0) is 20.2. The van der Waals surface area contributed by atoms with Gasteiger partial charge < -0.3 is 20.8 Å². The molecule has 7 nitrogen and oxygen atoms in total. The molecule has 2 fully saturated rings.